The molecule has 0 aromatic rings. The van der Waals surface area contributed by atoms with Crippen molar-refractivity contribution in [1.82, 2.24) is 5.32 Å². The van der Waals surface area contributed by atoms with E-state index in [1.807, 2.05) is 0 Å². The van der Waals surface area contributed by atoms with E-state index in [1.54, 1.807) is 0 Å². The summed E-state index contributed by atoms with van der Waals surface area (Å²) in [5.74, 6) is -0.755. The lowest BCUT2D eigenvalue weighted by atomic mass is 9.94. The first-order valence-electron chi connectivity index (χ1n) is 15.1. The van der Waals surface area contributed by atoms with E-state index < -0.39 is 155 Å². The van der Waals surface area contributed by atoms with Gasteiger partial charge in [0.05, 0.1) is 26.4 Å². The molecule has 4 saturated heterocycles. The van der Waals surface area contributed by atoms with Gasteiger partial charge in [0.25, 0.3) is 0 Å². The van der Waals surface area contributed by atoms with E-state index >= 15 is 0 Å². The molecule has 280 valence electrons. The van der Waals surface area contributed by atoms with Crippen molar-refractivity contribution >= 4 is 5.91 Å². The number of hydrogen-bond acceptors (Lipinski definition) is 21. The highest BCUT2D eigenvalue weighted by Gasteiger charge is 2.55. The summed E-state index contributed by atoms with van der Waals surface area (Å²) < 4.78 is 38.5. The van der Waals surface area contributed by atoms with Gasteiger partial charge in [0.2, 0.25) is 5.91 Å². The third kappa shape index (κ3) is 8.08. The Morgan fingerprint density at radius 2 is 0.958 bits per heavy atom. The number of rotatable bonds is 11. The van der Waals surface area contributed by atoms with Crippen molar-refractivity contribution in [3.63, 3.8) is 0 Å². The molecule has 0 bridgehead atoms. The summed E-state index contributed by atoms with van der Waals surface area (Å²) in [4.78, 5) is 12.2. The molecule has 0 unspecified atom stereocenters. The number of nitrogens with one attached hydrogen (secondary N) is 1. The van der Waals surface area contributed by atoms with E-state index in [0.29, 0.717) is 0 Å². The van der Waals surface area contributed by atoms with Gasteiger partial charge in [-0.15, -0.1) is 0 Å². The maximum atomic E-state index is 12.2. The smallest absolute Gasteiger partial charge is 0.217 e. The summed E-state index contributed by atoms with van der Waals surface area (Å²) in [7, 11) is 0. The number of ether oxygens (including phenoxy) is 7. The van der Waals surface area contributed by atoms with Crippen LogP contribution in [0.2, 0.25) is 0 Å². The molecule has 0 aromatic heterocycles. The Bertz CT molecular complexity index is 1030. The van der Waals surface area contributed by atoms with Crippen LogP contribution in [0.5, 0.6) is 0 Å². The van der Waals surface area contributed by atoms with Crippen LogP contribution in [0.3, 0.4) is 0 Å². The zero-order valence-electron chi connectivity index (χ0n) is 25.5. The highest BCUT2D eigenvalue weighted by Crippen LogP contribution is 2.34. The summed E-state index contributed by atoms with van der Waals surface area (Å²) >= 11 is 0. The monoisotopic (exact) mass is 707 g/mol. The molecule has 4 fully saturated rings. The van der Waals surface area contributed by atoms with Crippen LogP contribution in [0.1, 0.15) is 6.92 Å². The van der Waals surface area contributed by atoms with Crippen molar-refractivity contribution in [2.45, 2.75) is 130 Å². The van der Waals surface area contributed by atoms with Crippen LogP contribution >= 0.6 is 0 Å². The van der Waals surface area contributed by atoms with Gasteiger partial charge < -0.3 is 105 Å². The van der Waals surface area contributed by atoms with Gasteiger partial charge in [-0.1, -0.05) is 0 Å². The first-order chi connectivity index (χ1) is 22.7. The van der Waals surface area contributed by atoms with Gasteiger partial charge in [0, 0.05) is 6.92 Å². The Morgan fingerprint density at radius 3 is 1.50 bits per heavy atom. The van der Waals surface area contributed by atoms with Crippen LogP contribution in [-0.4, -0.2) is 221 Å². The fraction of sp³-hybridized carbons (Fsp3) is 0.962. The summed E-state index contributed by atoms with van der Waals surface area (Å²) in [5.41, 5.74) is 0. The van der Waals surface area contributed by atoms with Crippen LogP contribution in [0.25, 0.3) is 0 Å². The fourth-order valence-corrected chi connectivity index (χ4v) is 5.95. The van der Waals surface area contributed by atoms with Gasteiger partial charge in [-0.05, 0) is 0 Å². The average Bonchev–Trinajstić information content (AvgIpc) is 3.06. The van der Waals surface area contributed by atoms with Crippen LogP contribution in [0, 0.1) is 0 Å². The molecule has 22 nitrogen and oxygen atoms in total. The number of amides is 1. The van der Waals surface area contributed by atoms with Crippen LogP contribution in [0.4, 0.5) is 0 Å². The van der Waals surface area contributed by atoms with Gasteiger partial charge in [0.1, 0.15) is 97.6 Å². The first-order valence-corrected chi connectivity index (χ1v) is 15.1. The summed E-state index contributed by atoms with van der Waals surface area (Å²) in [6.45, 7) is -2.37. The second kappa shape index (κ2) is 16.8. The lowest BCUT2D eigenvalue weighted by Crippen LogP contribution is -2.69. The number of carbonyl (C=O) groups is 1. The first kappa shape index (κ1) is 39.5. The molecule has 0 spiro atoms. The van der Waals surface area contributed by atoms with E-state index in [1.165, 1.54) is 0 Å². The van der Waals surface area contributed by atoms with Crippen molar-refractivity contribution in [2.24, 2.45) is 0 Å². The van der Waals surface area contributed by atoms with E-state index in [2.05, 4.69) is 5.32 Å². The molecule has 0 aliphatic carbocycles. The van der Waals surface area contributed by atoms with E-state index in [9.17, 15) is 71.2 Å². The lowest BCUT2D eigenvalue weighted by molar-refractivity contribution is -0.380. The maximum Gasteiger partial charge on any atom is 0.217 e. The van der Waals surface area contributed by atoms with Crippen LogP contribution in [0.15, 0.2) is 0 Å². The summed E-state index contributed by atoms with van der Waals surface area (Å²) in [5, 5.41) is 136. The van der Waals surface area contributed by atoms with Crippen LogP contribution < -0.4 is 5.32 Å². The van der Waals surface area contributed by atoms with Gasteiger partial charge in [-0.2, -0.15) is 0 Å². The Kier molecular flexibility index (Phi) is 13.8. The summed E-state index contributed by atoms with van der Waals surface area (Å²) in [6, 6.07) is -1.61. The number of aliphatic hydroxyl groups excluding tert-OH is 13. The zero-order chi connectivity index (χ0) is 35.6. The maximum absolute atomic E-state index is 12.2. The predicted octanol–water partition coefficient (Wildman–Crippen LogP) is -9.61. The molecule has 14 N–H and O–H groups in total. The van der Waals surface area contributed by atoms with Crippen LogP contribution in [-0.2, 0) is 38.0 Å². The minimum Gasteiger partial charge on any atom is -0.394 e. The molecule has 1 amide bonds. The molecule has 4 heterocycles. The largest absolute Gasteiger partial charge is 0.394 e. The molecule has 20 atom stereocenters. The van der Waals surface area contributed by atoms with Crippen molar-refractivity contribution < 1.29 is 104 Å². The van der Waals surface area contributed by atoms with Gasteiger partial charge in [0.15, 0.2) is 25.2 Å². The standard InChI is InChI=1S/C26H45NO21/c1-6(32)27-11-14(35)20(46-25-18(39)15(36)12(33)7(2-28)43-25)10(5-31)45-24(11)48-22-13(34)8(3-29)44-26(19(22)40)47-21-9(4-30)42-23(41)17(38)16(21)37/h7-26,28-31,33-41H,2-5H2,1H3,(H,27,32)/t7-,8-,9-,10-,11-,12-,13-,14+,15-,16+,17-,18-,19-,20+,21+,22-,23+,24-,25-,26-/m0/s1. The molecular weight excluding hydrogens is 662 g/mol. The van der Waals surface area contributed by atoms with Crippen molar-refractivity contribution in [1.29, 1.82) is 0 Å². The van der Waals surface area contributed by atoms with E-state index in [4.69, 9.17) is 33.2 Å². The van der Waals surface area contributed by atoms with Gasteiger partial charge >= 0.3 is 0 Å². The normalized spacial score (nSPS) is 50.2. The van der Waals surface area contributed by atoms with E-state index in [0.717, 1.165) is 6.92 Å². The molecule has 4 rings (SSSR count). The zero-order valence-corrected chi connectivity index (χ0v) is 25.5. The molecule has 0 aromatic carbocycles. The SMILES string of the molecule is CC(=O)N[C@@H]1[C@H](O[C@@H]2[C@H](O)[C@H](O[C@H]3[C@H](O)[C@H](O)[C@H](O)O[C@H]3CO)O[C@@H](CO)[C@@H]2O)O[C@@H](CO)[C@@H](O[C@@H]2O[C@@H](CO)[C@H](O)[C@H](O)[C@@H]2O)[C@@H]1O. The fourth-order valence-electron chi connectivity index (χ4n) is 5.95. The van der Waals surface area contributed by atoms with Crippen molar-refractivity contribution in [3.8, 4) is 0 Å². The Labute approximate surface area is 272 Å². The highest BCUT2D eigenvalue weighted by atomic mass is 16.8. The number of carbonyl (C=O) groups excluding carboxylic acids is 1. The lowest BCUT2D eigenvalue weighted by Gasteiger charge is -2.49. The molecule has 4 aliphatic rings. The van der Waals surface area contributed by atoms with E-state index in [-0.39, 0.29) is 0 Å². The third-order valence-corrected chi connectivity index (χ3v) is 8.61. The minimum atomic E-state index is -2.02. The highest BCUT2D eigenvalue weighted by molar-refractivity contribution is 5.73. The Hall–Kier alpha value is -1.33. The Morgan fingerprint density at radius 1 is 0.500 bits per heavy atom. The predicted molar refractivity (Wildman–Crippen MR) is 145 cm³/mol. The quantitative estimate of drug-likeness (QED) is 0.0947. The minimum absolute atomic E-state index is 0.755. The average molecular weight is 708 g/mol. The second-order valence-corrected chi connectivity index (χ2v) is 11.9. The van der Waals surface area contributed by atoms with Gasteiger partial charge in [-0.3, -0.25) is 4.79 Å². The molecule has 4 aliphatic heterocycles. The number of aliphatic hydroxyl groups is 13. The van der Waals surface area contributed by atoms with Crippen molar-refractivity contribution in [3.05, 3.63) is 0 Å². The summed E-state index contributed by atoms with van der Waals surface area (Å²) in [6.07, 6.45) is -33.5. The number of hydrogen-bond donors (Lipinski definition) is 14. The molecule has 48 heavy (non-hydrogen) atoms. The van der Waals surface area contributed by atoms with Crippen molar-refractivity contribution in [2.75, 3.05) is 26.4 Å². The molecular formula is C26H45NO21. The molecule has 0 radical (unpaired) electrons. The second-order valence-electron chi connectivity index (χ2n) is 11.9. The Balaban J connectivity index is 1.56. The molecule has 0 saturated carbocycles. The third-order valence-electron chi connectivity index (χ3n) is 8.61. The topological polar surface area (TPSA) is 357 Å². The molecule has 22 heteroatoms. The van der Waals surface area contributed by atoms with Gasteiger partial charge in [-0.25, -0.2) is 0 Å².